The van der Waals surface area contributed by atoms with E-state index in [2.05, 4.69) is 15.8 Å². The molecule has 0 amide bonds. The molecule has 20 heavy (non-hydrogen) atoms. The lowest BCUT2D eigenvalue weighted by molar-refractivity contribution is 0.426. The number of hydrogen-bond donors (Lipinski definition) is 3. The summed E-state index contributed by atoms with van der Waals surface area (Å²) in [7, 11) is 0. The molecule has 0 aliphatic heterocycles. The fourth-order valence-electron chi connectivity index (χ4n) is 1.41. The molecule has 4 nitrogen and oxygen atoms in total. The number of aromatic hydroxyl groups is 1. The van der Waals surface area contributed by atoms with Crippen molar-refractivity contribution in [3.63, 3.8) is 0 Å². The fourth-order valence-corrected chi connectivity index (χ4v) is 1.76. The van der Waals surface area contributed by atoms with Crippen LogP contribution in [0.15, 0.2) is 17.2 Å². The molecule has 1 aromatic rings. The van der Waals surface area contributed by atoms with Gasteiger partial charge < -0.3 is 10.4 Å². The third kappa shape index (κ3) is 4.73. The Hall–Kier alpha value is -1.76. The van der Waals surface area contributed by atoms with Crippen molar-refractivity contribution in [1.82, 2.24) is 10.7 Å². The van der Waals surface area contributed by atoms with E-state index in [0.717, 1.165) is 6.07 Å². The third-order valence-electron chi connectivity index (χ3n) is 2.23. The lowest BCUT2D eigenvalue weighted by atomic mass is 10.1. The van der Waals surface area contributed by atoms with Gasteiger partial charge in [0, 0.05) is 17.2 Å². The van der Waals surface area contributed by atoms with Crippen molar-refractivity contribution in [3.8, 4) is 5.75 Å². The van der Waals surface area contributed by atoms with Gasteiger partial charge in [-0.3, -0.25) is 5.43 Å². The van der Waals surface area contributed by atoms with Crippen molar-refractivity contribution in [2.75, 3.05) is 0 Å². The molecule has 0 bridgehead atoms. The molecule has 0 saturated carbocycles. The molecule has 0 spiro atoms. The van der Waals surface area contributed by atoms with Crippen LogP contribution in [0.4, 0.5) is 8.78 Å². The number of nitrogens with zero attached hydrogens (tertiary/aromatic N) is 1. The van der Waals surface area contributed by atoms with Crippen molar-refractivity contribution in [3.05, 3.63) is 29.3 Å². The van der Waals surface area contributed by atoms with E-state index in [1.807, 2.05) is 20.8 Å². The molecule has 0 heterocycles. The van der Waals surface area contributed by atoms with E-state index in [-0.39, 0.29) is 21.9 Å². The second-order valence-electron chi connectivity index (χ2n) is 5.30. The molecule has 0 radical (unpaired) electrons. The van der Waals surface area contributed by atoms with Crippen LogP contribution in [0.25, 0.3) is 0 Å². The molecular formula is C13H17F2N3OS. The largest absolute Gasteiger partial charge is 0.504 e. The maximum absolute atomic E-state index is 13.2. The summed E-state index contributed by atoms with van der Waals surface area (Å²) in [6.45, 7) is 7.27. The predicted molar refractivity (Wildman–Crippen MR) is 78.9 cm³/mol. The van der Waals surface area contributed by atoms with Gasteiger partial charge >= 0.3 is 0 Å². The number of nitrogens with one attached hydrogen (secondary N) is 2. The Kier molecular flexibility index (Phi) is 4.99. The Bertz CT molecular complexity index is 553. The number of phenolic OH excluding ortho intramolecular Hbond substituents is 1. The van der Waals surface area contributed by atoms with Gasteiger partial charge in [0.2, 0.25) is 0 Å². The number of hydrogen-bond acceptors (Lipinski definition) is 3. The molecule has 1 rings (SSSR count). The normalized spacial score (nSPS) is 12.2. The quantitative estimate of drug-likeness (QED) is 0.446. The second-order valence-corrected chi connectivity index (χ2v) is 5.71. The van der Waals surface area contributed by atoms with Crippen molar-refractivity contribution < 1.29 is 13.9 Å². The highest BCUT2D eigenvalue weighted by atomic mass is 32.1. The van der Waals surface area contributed by atoms with Crippen LogP contribution in [0, 0.1) is 11.6 Å². The maximum atomic E-state index is 13.2. The molecular weight excluding hydrogens is 284 g/mol. The summed E-state index contributed by atoms with van der Waals surface area (Å²) in [4.78, 5) is 0. The van der Waals surface area contributed by atoms with Crippen molar-refractivity contribution in [1.29, 1.82) is 0 Å². The number of benzene rings is 1. The first kappa shape index (κ1) is 16.3. The van der Waals surface area contributed by atoms with E-state index in [4.69, 9.17) is 12.2 Å². The monoisotopic (exact) mass is 301 g/mol. The topological polar surface area (TPSA) is 56.7 Å². The van der Waals surface area contributed by atoms with Crippen LogP contribution in [0.3, 0.4) is 0 Å². The summed E-state index contributed by atoms with van der Waals surface area (Å²) >= 11 is 5.01. The number of hydrazone groups is 1. The molecule has 110 valence electrons. The van der Waals surface area contributed by atoms with Crippen LogP contribution in [0.2, 0.25) is 0 Å². The van der Waals surface area contributed by atoms with Crippen LogP contribution in [0.1, 0.15) is 33.3 Å². The van der Waals surface area contributed by atoms with Crippen LogP contribution >= 0.6 is 12.2 Å². The maximum Gasteiger partial charge on any atom is 0.187 e. The summed E-state index contributed by atoms with van der Waals surface area (Å²) in [5, 5.41) is 16.7. The molecule has 0 aromatic heterocycles. The zero-order valence-electron chi connectivity index (χ0n) is 11.7. The van der Waals surface area contributed by atoms with Crippen LogP contribution in [-0.4, -0.2) is 21.5 Å². The summed E-state index contributed by atoms with van der Waals surface area (Å²) in [6.07, 6.45) is 0. The SMILES string of the molecule is C/C(=N/NC(=S)NC(C)(C)C)c1cc(F)cc(F)c1O. The summed E-state index contributed by atoms with van der Waals surface area (Å²) in [5.74, 6) is -2.48. The molecule has 0 atom stereocenters. The van der Waals surface area contributed by atoms with Gasteiger partial charge in [0.15, 0.2) is 16.7 Å². The molecule has 0 aliphatic carbocycles. The number of rotatable bonds is 2. The van der Waals surface area contributed by atoms with E-state index < -0.39 is 17.4 Å². The molecule has 0 fully saturated rings. The van der Waals surface area contributed by atoms with Crippen molar-refractivity contribution in [2.45, 2.75) is 33.2 Å². The van der Waals surface area contributed by atoms with Crippen LogP contribution in [-0.2, 0) is 0 Å². The lowest BCUT2D eigenvalue weighted by Crippen LogP contribution is -2.44. The van der Waals surface area contributed by atoms with Crippen LogP contribution < -0.4 is 10.7 Å². The van der Waals surface area contributed by atoms with Gasteiger partial charge in [-0.1, -0.05) is 0 Å². The van der Waals surface area contributed by atoms with Gasteiger partial charge in [-0.2, -0.15) is 5.10 Å². The van der Waals surface area contributed by atoms with Gasteiger partial charge in [0.1, 0.15) is 5.82 Å². The first-order chi connectivity index (χ1) is 9.10. The van der Waals surface area contributed by atoms with Crippen LogP contribution in [0.5, 0.6) is 5.75 Å². The van der Waals surface area contributed by atoms with E-state index in [1.165, 1.54) is 6.92 Å². The Morgan fingerprint density at radius 3 is 2.45 bits per heavy atom. The van der Waals surface area contributed by atoms with Gasteiger partial charge in [-0.25, -0.2) is 8.78 Å². The Morgan fingerprint density at radius 1 is 1.30 bits per heavy atom. The average Bonchev–Trinajstić information content (AvgIpc) is 2.28. The predicted octanol–water partition coefficient (Wildman–Crippen LogP) is 2.66. The first-order valence-corrected chi connectivity index (χ1v) is 6.32. The Morgan fingerprint density at radius 2 is 1.90 bits per heavy atom. The van der Waals surface area contributed by atoms with E-state index >= 15 is 0 Å². The zero-order valence-corrected chi connectivity index (χ0v) is 12.5. The summed E-state index contributed by atoms with van der Waals surface area (Å²) in [6, 6.07) is 1.60. The number of phenols is 1. The second kappa shape index (κ2) is 6.13. The van der Waals surface area contributed by atoms with Crippen molar-refractivity contribution >= 4 is 23.0 Å². The van der Waals surface area contributed by atoms with E-state index in [1.54, 1.807) is 0 Å². The standard InChI is InChI=1S/C13H17F2N3OS/c1-7(17-18-12(20)16-13(2,3)4)9-5-8(14)6-10(15)11(9)19/h5-6,19H,1-4H3,(H2,16,18,20)/b17-7-. The number of thiocarbonyl (C=S) groups is 1. The highest BCUT2D eigenvalue weighted by Gasteiger charge is 2.13. The molecule has 0 saturated heterocycles. The summed E-state index contributed by atoms with van der Waals surface area (Å²) in [5.41, 5.74) is 2.49. The van der Waals surface area contributed by atoms with Gasteiger partial charge in [0.25, 0.3) is 0 Å². The smallest absolute Gasteiger partial charge is 0.187 e. The highest BCUT2D eigenvalue weighted by molar-refractivity contribution is 7.80. The molecule has 7 heteroatoms. The van der Waals surface area contributed by atoms with Gasteiger partial charge in [0.05, 0.1) is 5.71 Å². The minimum Gasteiger partial charge on any atom is -0.504 e. The highest BCUT2D eigenvalue weighted by Crippen LogP contribution is 2.23. The lowest BCUT2D eigenvalue weighted by Gasteiger charge is -2.21. The minimum atomic E-state index is -1.04. The minimum absolute atomic E-state index is 0.0337. The average molecular weight is 301 g/mol. The first-order valence-electron chi connectivity index (χ1n) is 5.91. The third-order valence-corrected chi connectivity index (χ3v) is 2.42. The van der Waals surface area contributed by atoms with Gasteiger partial charge in [-0.15, -0.1) is 0 Å². The number of halogens is 2. The molecule has 1 aromatic carbocycles. The Balaban J connectivity index is 2.88. The van der Waals surface area contributed by atoms with Crippen molar-refractivity contribution in [2.24, 2.45) is 5.10 Å². The van der Waals surface area contributed by atoms with E-state index in [9.17, 15) is 13.9 Å². The molecule has 0 unspecified atom stereocenters. The van der Waals surface area contributed by atoms with E-state index in [0.29, 0.717) is 6.07 Å². The Labute approximate surface area is 121 Å². The van der Waals surface area contributed by atoms with Gasteiger partial charge in [-0.05, 0) is 46.0 Å². The fraction of sp³-hybridized carbons (Fsp3) is 0.385. The molecule has 0 aliphatic rings. The zero-order chi connectivity index (χ0) is 15.5. The molecule has 3 N–H and O–H groups in total. The summed E-state index contributed by atoms with van der Waals surface area (Å²) < 4.78 is 26.3.